The van der Waals surface area contributed by atoms with Crippen LogP contribution >= 0.6 is 0 Å². The minimum Gasteiger partial charge on any atom is -0.465 e. The minimum absolute atomic E-state index is 0.105. The third-order valence-corrected chi connectivity index (χ3v) is 3.69. The predicted octanol–water partition coefficient (Wildman–Crippen LogP) is 4.04. The Kier molecular flexibility index (Phi) is 8.52. The molecule has 110 valence electrons. The van der Waals surface area contributed by atoms with Gasteiger partial charge in [0.15, 0.2) is 0 Å². The molecule has 1 unspecified atom stereocenters. The first-order chi connectivity index (χ1) is 9.18. The van der Waals surface area contributed by atoms with E-state index in [1.165, 1.54) is 32.1 Å². The number of ether oxygens (including phenoxy) is 1. The molecule has 1 aliphatic heterocycles. The topological polar surface area (TPSA) is 43.4 Å². The van der Waals surface area contributed by atoms with Crippen LogP contribution in [0.15, 0.2) is 0 Å². The van der Waals surface area contributed by atoms with Crippen LogP contribution in [0.25, 0.3) is 0 Å². The number of rotatable bonds is 0. The minimum atomic E-state index is -0.105. The molecule has 0 saturated carbocycles. The van der Waals surface area contributed by atoms with Crippen LogP contribution in [0.5, 0.6) is 0 Å². The molecule has 0 amide bonds. The van der Waals surface area contributed by atoms with Gasteiger partial charge in [-0.05, 0) is 18.8 Å². The Morgan fingerprint density at radius 2 is 1.37 bits per heavy atom. The number of ketones is 1. The molecule has 1 atom stereocenters. The van der Waals surface area contributed by atoms with Gasteiger partial charge in [-0.25, -0.2) is 0 Å². The maximum absolute atomic E-state index is 11.7. The number of cyclic esters (lactones) is 1. The molecule has 0 aromatic carbocycles. The van der Waals surface area contributed by atoms with Crippen LogP contribution in [-0.4, -0.2) is 18.4 Å². The number of esters is 1. The Morgan fingerprint density at radius 3 is 2.00 bits per heavy atom. The van der Waals surface area contributed by atoms with Gasteiger partial charge in [-0.1, -0.05) is 45.4 Å². The van der Waals surface area contributed by atoms with E-state index in [1.54, 1.807) is 0 Å². The summed E-state index contributed by atoms with van der Waals surface area (Å²) in [5.41, 5.74) is 0. The van der Waals surface area contributed by atoms with E-state index in [2.05, 4.69) is 0 Å². The van der Waals surface area contributed by atoms with Gasteiger partial charge in [0.1, 0.15) is 5.78 Å². The first-order valence-corrected chi connectivity index (χ1v) is 7.86. The number of hydrogen-bond donors (Lipinski definition) is 0. The van der Waals surface area contributed by atoms with Gasteiger partial charge in [0.25, 0.3) is 0 Å². The van der Waals surface area contributed by atoms with Crippen molar-refractivity contribution in [2.75, 3.05) is 6.61 Å². The first-order valence-electron chi connectivity index (χ1n) is 7.86. The summed E-state index contributed by atoms with van der Waals surface area (Å²) >= 11 is 0. The van der Waals surface area contributed by atoms with Crippen LogP contribution in [0.3, 0.4) is 0 Å². The summed E-state index contributed by atoms with van der Waals surface area (Å²) < 4.78 is 5.21. The summed E-state index contributed by atoms with van der Waals surface area (Å²) in [7, 11) is 0. The van der Waals surface area contributed by atoms with E-state index in [-0.39, 0.29) is 11.9 Å². The smallest absolute Gasteiger partial charge is 0.305 e. The first kappa shape index (κ1) is 16.2. The summed E-state index contributed by atoms with van der Waals surface area (Å²) in [6.45, 7) is 2.37. The molecule has 0 aromatic heterocycles. The zero-order valence-corrected chi connectivity index (χ0v) is 12.3. The number of hydrogen-bond acceptors (Lipinski definition) is 3. The molecule has 0 spiro atoms. The summed E-state index contributed by atoms with van der Waals surface area (Å²) in [5, 5.41) is 0. The molecule has 3 nitrogen and oxygen atoms in total. The lowest BCUT2D eigenvalue weighted by atomic mass is 10.0. The van der Waals surface area contributed by atoms with E-state index in [1.807, 2.05) is 6.92 Å². The van der Waals surface area contributed by atoms with Gasteiger partial charge in [-0.2, -0.15) is 0 Å². The number of Topliss-reactive ketones (excluding diaryl/α,β-unsaturated/α-hetero) is 1. The summed E-state index contributed by atoms with van der Waals surface area (Å²) in [4.78, 5) is 23.2. The largest absolute Gasteiger partial charge is 0.465 e. The van der Waals surface area contributed by atoms with Crippen molar-refractivity contribution in [3.63, 3.8) is 0 Å². The van der Waals surface area contributed by atoms with Crippen molar-refractivity contribution in [2.24, 2.45) is 5.92 Å². The lowest BCUT2D eigenvalue weighted by molar-refractivity contribution is -0.145. The number of carbonyl (C=O) groups excluding carboxylic acids is 2. The van der Waals surface area contributed by atoms with E-state index >= 15 is 0 Å². The molecule has 3 heteroatoms. The molecular formula is C16H28O3. The highest BCUT2D eigenvalue weighted by atomic mass is 16.5. The lowest BCUT2D eigenvalue weighted by Crippen LogP contribution is -2.15. The molecule has 1 saturated heterocycles. The third-order valence-electron chi connectivity index (χ3n) is 3.69. The van der Waals surface area contributed by atoms with Crippen molar-refractivity contribution in [3.05, 3.63) is 0 Å². The SMILES string of the molecule is CC1COC(=O)CCCCCCCCCCC(=O)C1. The van der Waals surface area contributed by atoms with E-state index in [9.17, 15) is 9.59 Å². The van der Waals surface area contributed by atoms with Gasteiger partial charge in [0.05, 0.1) is 6.61 Å². The van der Waals surface area contributed by atoms with Crippen LogP contribution in [-0.2, 0) is 14.3 Å². The lowest BCUT2D eigenvalue weighted by Gasteiger charge is -2.12. The summed E-state index contributed by atoms with van der Waals surface area (Å²) in [5.74, 6) is 0.367. The van der Waals surface area contributed by atoms with Gasteiger partial charge < -0.3 is 4.74 Å². The average molecular weight is 268 g/mol. The average Bonchev–Trinajstić information content (AvgIpc) is 2.37. The van der Waals surface area contributed by atoms with Crippen molar-refractivity contribution < 1.29 is 14.3 Å². The van der Waals surface area contributed by atoms with Crippen molar-refractivity contribution in [1.82, 2.24) is 0 Å². The molecule has 0 aromatic rings. The summed E-state index contributed by atoms with van der Waals surface area (Å²) in [6.07, 6.45) is 11.0. The fourth-order valence-corrected chi connectivity index (χ4v) is 2.51. The zero-order chi connectivity index (χ0) is 13.9. The van der Waals surface area contributed by atoms with Gasteiger partial charge in [0, 0.05) is 19.3 Å². The van der Waals surface area contributed by atoms with Gasteiger partial charge >= 0.3 is 5.97 Å². The molecule has 0 aliphatic carbocycles. The van der Waals surface area contributed by atoms with E-state index in [0.717, 1.165) is 19.3 Å². The van der Waals surface area contributed by atoms with E-state index in [0.29, 0.717) is 31.7 Å². The molecule has 0 bridgehead atoms. The fraction of sp³-hybridized carbons (Fsp3) is 0.875. The Balaban J connectivity index is 2.32. The second-order valence-corrected chi connectivity index (χ2v) is 5.86. The maximum Gasteiger partial charge on any atom is 0.305 e. The Morgan fingerprint density at radius 1 is 0.842 bits per heavy atom. The monoisotopic (exact) mass is 268 g/mol. The highest BCUT2D eigenvalue weighted by Gasteiger charge is 2.12. The second-order valence-electron chi connectivity index (χ2n) is 5.86. The van der Waals surface area contributed by atoms with Crippen LogP contribution in [0, 0.1) is 5.92 Å². The van der Waals surface area contributed by atoms with Crippen molar-refractivity contribution in [2.45, 2.75) is 77.6 Å². The van der Waals surface area contributed by atoms with Crippen LogP contribution < -0.4 is 0 Å². The van der Waals surface area contributed by atoms with E-state index < -0.39 is 0 Å². The van der Waals surface area contributed by atoms with Crippen LogP contribution in [0.1, 0.15) is 77.6 Å². The van der Waals surface area contributed by atoms with Gasteiger partial charge in [-0.15, -0.1) is 0 Å². The highest BCUT2D eigenvalue weighted by Crippen LogP contribution is 2.14. The third kappa shape index (κ3) is 8.79. The fourth-order valence-electron chi connectivity index (χ4n) is 2.51. The van der Waals surface area contributed by atoms with Crippen LogP contribution in [0.4, 0.5) is 0 Å². The Labute approximate surface area is 117 Å². The quantitative estimate of drug-likeness (QED) is 0.623. The molecule has 1 rings (SSSR count). The van der Waals surface area contributed by atoms with Crippen molar-refractivity contribution >= 4 is 11.8 Å². The normalized spacial score (nSPS) is 25.8. The van der Waals surface area contributed by atoms with Crippen LogP contribution in [0.2, 0.25) is 0 Å². The van der Waals surface area contributed by atoms with Gasteiger partial charge in [0.2, 0.25) is 0 Å². The maximum atomic E-state index is 11.7. The zero-order valence-electron chi connectivity index (χ0n) is 12.3. The predicted molar refractivity (Wildman–Crippen MR) is 75.9 cm³/mol. The van der Waals surface area contributed by atoms with E-state index in [4.69, 9.17) is 4.74 Å². The van der Waals surface area contributed by atoms with Crippen molar-refractivity contribution in [3.8, 4) is 0 Å². The molecule has 1 aliphatic rings. The van der Waals surface area contributed by atoms with Crippen molar-refractivity contribution in [1.29, 1.82) is 0 Å². The molecular weight excluding hydrogens is 240 g/mol. The van der Waals surface area contributed by atoms with Gasteiger partial charge in [-0.3, -0.25) is 9.59 Å². The number of carbonyl (C=O) groups is 2. The summed E-state index contributed by atoms with van der Waals surface area (Å²) in [6, 6.07) is 0. The molecule has 0 radical (unpaired) electrons. The second kappa shape index (κ2) is 9.99. The standard InChI is InChI=1S/C16H28O3/c1-14-12-15(17)10-8-6-4-2-3-5-7-9-11-16(18)19-13-14/h14H,2-13H2,1H3. The molecule has 1 heterocycles. The molecule has 19 heavy (non-hydrogen) atoms. The molecule has 1 fully saturated rings. The Hall–Kier alpha value is -0.860. The molecule has 0 N–H and O–H groups in total. The Bertz CT molecular complexity index is 273. The highest BCUT2D eigenvalue weighted by molar-refractivity contribution is 5.78.